The molecule has 4 nitrogen and oxygen atoms in total. The Balaban J connectivity index is 2.26. The molecule has 3 unspecified atom stereocenters. The maximum absolute atomic E-state index is 5.87. The first kappa shape index (κ1) is 9.68. The number of rotatable bonds is 2. The van der Waals surface area contributed by atoms with Gasteiger partial charge >= 0.3 is 0 Å². The van der Waals surface area contributed by atoms with Crippen molar-refractivity contribution in [3.63, 3.8) is 0 Å². The van der Waals surface area contributed by atoms with Crippen LogP contribution in [-0.4, -0.2) is 22.3 Å². The van der Waals surface area contributed by atoms with Crippen molar-refractivity contribution in [2.75, 3.05) is 6.61 Å². The van der Waals surface area contributed by atoms with Gasteiger partial charge in [0.05, 0.1) is 24.2 Å². The highest BCUT2D eigenvalue weighted by molar-refractivity contribution is 5.06. The largest absolute Gasteiger partial charge is 0.376 e. The van der Waals surface area contributed by atoms with Gasteiger partial charge in [-0.2, -0.15) is 0 Å². The van der Waals surface area contributed by atoms with Crippen LogP contribution < -0.4 is 5.73 Å². The SMILES string of the molecule is CC(N)c1cncn1C1CCOC1C. The first-order valence-electron chi connectivity index (χ1n) is 5.09. The lowest BCUT2D eigenvalue weighted by Crippen LogP contribution is -2.21. The summed E-state index contributed by atoms with van der Waals surface area (Å²) in [4.78, 5) is 4.15. The average molecular weight is 195 g/mol. The third-order valence-electron chi connectivity index (χ3n) is 2.86. The molecule has 1 aromatic rings. The molecule has 0 aliphatic carbocycles. The Kier molecular flexibility index (Phi) is 2.56. The molecule has 1 fully saturated rings. The lowest BCUT2D eigenvalue weighted by Gasteiger charge is -2.19. The number of hydrogen-bond donors (Lipinski definition) is 1. The highest BCUT2D eigenvalue weighted by Gasteiger charge is 2.27. The Morgan fingerprint density at radius 3 is 3.07 bits per heavy atom. The molecule has 0 saturated carbocycles. The summed E-state index contributed by atoms with van der Waals surface area (Å²) >= 11 is 0. The summed E-state index contributed by atoms with van der Waals surface area (Å²) in [5.41, 5.74) is 6.96. The number of ether oxygens (including phenoxy) is 1. The standard InChI is InChI=1S/C10H17N3O/c1-7(11)10-5-12-6-13(10)9-3-4-14-8(9)2/h5-9H,3-4,11H2,1-2H3. The molecule has 1 aromatic heterocycles. The highest BCUT2D eigenvalue weighted by Crippen LogP contribution is 2.28. The zero-order valence-electron chi connectivity index (χ0n) is 8.68. The molecule has 0 radical (unpaired) electrons. The van der Waals surface area contributed by atoms with E-state index in [2.05, 4.69) is 16.5 Å². The molecular weight excluding hydrogens is 178 g/mol. The van der Waals surface area contributed by atoms with Crippen LogP contribution in [-0.2, 0) is 4.74 Å². The van der Waals surface area contributed by atoms with Gasteiger partial charge in [-0.05, 0) is 20.3 Å². The van der Waals surface area contributed by atoms with Gasteiger partial charge < -0.3 is 15.0 Å². The minimum Gasteiger partial charge on any atom is -0.376 e. The van der Waals surface area contributed by atoms with E-state index < -0.39 is 0 Å². The number of nitrogens with two attached hydrogens (primary N) is 1. The zero-order chi connectivity index (χ0) is 10.1. The molecule has 0 bridgehead atoms. The molecule has 2 heterocycles. The van der Waals surface area contributed by atoms with Gasteiger partial charge in [-0.3, -0.25) is 0 Å². The van der Waals surface area contributed by atoms with Gasteiger partial charge in [0.2, 0.25) is 0 Å². The van der Waals surface area contributed by atoms with Gasteiger partial charge in [0.15, 0.2) is 0 Å². The topological polar surface area (TPSA) is 53.1 Å². The average Bonchev–Trinajstić information content (AvgIpc) is 2.70. The first-order chi connectivity index (χ1) is 6.70. The predicted molar refractivity (Wildman–Crippen MR) is 53.9 cm³/mol. The van der Waals surface area contributed by atoms with Crippen molar-refractivity contribution in [2.24, 2.45) is 5.73 Å². The summed E-state index contributed by atoms with van der Waals surface area (Å²) in [5.74, 6) is 0. The smallest absolute Gasteiger partial charge is 0.0952 e. The quantitative estimate of drug-likeness (QED) is 0.772. The van der Waals surface area contributed by atoms with E-state index in [1.165, 1.54) is 0 Å². The van der Waals surface area contributed by atoms with Crippen LogP contribution in [0.3, 0.4) is 0 Å². The van der Waals surface area contributed by atoms with Crippen molar-refractivity contribution in [1.29, 1.82) is 0 Å². The molecule has 1 saturated heterocycles. The van der Waals surface area contributed by atoms with E-state index in [1.807, 2.05) is 19.4 Å². The summed E-state index contributed by atoms with van der Waals surface area (Å²) in [5, 5.41) is 0. The predicted octanol–water partition coefficient (Wildman–Crippen LogP) is 1.25. The fourth-order valence-corrected chi connectivity index (χ4v) is 2.03. The van der Waals surface area contributed by atoms with E-state index in [4.69, 9.17) is 10.5 Å². The summed E-state index contributed by atoms with van der Waals surface area (Å²) in [6, 6.07) is 0.434. The van der Waals surface area contributed by atoms with Crippen molar-refractivity contribution in [1.82, 2.24) is 9.55 Å². The van der Waals surface area contributed by atoms with Gasteiger partial charge in [-0.1, -0.05) is 0 Å². The van der Waals surface area contributed by atoms with Crippen molar-refractivity contribution in [2.45, 2.75) is 38.5 Å². The second kappa shape index (κ2) is 3.71. The molecule has 0 spiro atoms. The summed E-state index contributed by atoms with van der Waals surface area (Å²) in [7, 11) is 0. The van der Waals surface area contributed by atoms with E-state index in [0.29, 0.717) is 6.04 Å². The zero-order valence-corrected chi connectivity index (χ0v) is 8.68. The Morgan fingerprint density at radius 1 is 1.71 bits per heavy atom. The van der Waals surface area contributed by atoms with Crippen LogP contribution in [0.15, 0.2) is 12.5 Å². The third kappa shape index (κ3) is 1.55. The Labute approximate surface area is 84.1 Å². The summed E-state index contributed by atoms with van der Waals surface area (Å²) in [6.07, 6.45) is 5.02. The molecule has 4 heteroatoms. The second-order valence-electron chi connectivity index (χ2n) is 3.95. The molecule has 0 amide bonds. The fraction of sp³-hybridized carbons (Fsp3) is 0.700. The van der Waals surface area contributed by atoms with Crippen LogP contribution in [0.4, 0.5) is 0 Å². The van der Waals surface area contributed by atoms with Gasteiger partial charge in [0.1, 0.15) is 0 Å². The van der Waals surface area contributed by atoms with Crippen molar-refractivity contribution in [3.8, 4) is 0 Å². The second-order valence-corrected chi connectivity index (χ2v) is 3.95. The number of imidazole rings is 1. The fourth-order valence-electron chi connectivity index (χ4n) is 2.03. The Morgan fingerprint density at radius 2 is 2.50 bits per heavy atom. The van der Waals surface area contributed by atoms with Crippen molar-refractivity contribution in [3.05, 3.63) is 18.2 Å². The van der Waals surface area contributed by atoms with Crippen molar-refractivity contribution >= 4 is 0 Å². The minimum absolute atomic E-state index is 0.0327. The molecule has 2 N–H and O–H groups in total. The van der Waals surface area contributed by atoms with E-state index in [0.717, 1.165) is 18.7 Å². The van der Waals surface area contributed by atoms with Crippen LogP contribution >= 0.6 is 0 Å². The van der Waals surface area contributed by atoms with E-state index >= 15 is 0 Å². The van der Waals surface area contributed by atoms with Crippen LogP contribution in [0.2, 0.25) is 0 Å². The minimum atomic E-state index is 0.0327. The van der Waals surface area contributed by atoms with Gasteiger partial charge in [0, 0.05) is 18.8 Å². The van der Waals surface area contributed by atoms with Crippen LogP contribution in [0.5, 0.6) is 0 Å². The lowest BCUT2D eigenvalue weighted by molar-refractivity contribution is 0.107. The number of hydrogen-bond acceptors (Lipinski definition) is 3. The summed E-state index contributed by atoms with van der Waals surface area (Å²) < 4.78 is 7.69. The molecule has 1 aliphatic heterocycles. The number of nitrogens with zero attached hydrogens (tertiary/aromatic N) is 2. The van der Waals surface area contributed by atoms with E-state index in [1.54, 1.807) is 0 Å². The van der Waals surface area contributed by atoms with Gasteiger partial charge in [0.25, 0.3) is 0 Å². The van der Waals surface area contributed by atoms with E-state index in [9.17, 15) is 0 Å². The molecule has 14 heavy (non-hydrogen) atoms. The first-order valence-corrected chi connectivity index (χ1v) is 5.09. The summed E-state index contributed by atoms with van der Waals surface area (Å²) in [6.45, 7) is 4.92. The maximum Gasteiger partial charge on any atom is 0.0952 e. The monoisotopic (exact) mass is 195 g/mol. The van der Waals surface area contributed by atoms with Crippen LogP contribution in [0.25, 0.3) is 0 Å². The molecule has 0 aromatic carbocycles. The Bertz CT molecular complexity index is 308. The highest BCUT2D eigenvalue weighted by atomic mass is 16.5. The van der Waals surface area contributed by atoms with Gasteiger partial charge in [-0.25, -0.2) is 4.98 Å². The van der Waals surface area contributed by atoms with Crippen LogP contribution in [0, 0.1) is 0 Å². The molecule has 78 valence electrons. The normalized spacial score (nSPS) is 29.4. The molecular formula is C10H17N3O. The lowest BCUT2D eigenvalue weighted by atomic mass is 10.1. The number of aromatic nitrogens is 2. The molecule has 1 aliphatic rings. The van der Waals surface area contributed by atoms with E-state index in [-0.39, 0.29) is 12.1 Å². The maximum atomic E-state index is 5.87. The van der Waals surface area contributed by atoms with Crippen LogP contribution in [0.1, 0.15) is 38.0 Å². The molecule has 3 atom stereocenters. The van der Waals surface area contributed by atoms with Gasteiger partial charge in [-0.15, -0.1) is 0 Å². The molecule has 2 rings (SSSR count). The Hall–Kier alpha value is -0.870. The van der Waals surface area contributed by atoms with Crippen molar-refractivity contribution < 1.29 is 4.74 Å². The third-order valence-corrected chi connectivity index (χ3v) is 2.86.